The zero-order chi connectivity index (χ0) is 31.9. The molecule has 0 spiro atoms. The molecule has 4 amide bonds. The highest BCUT2D eigenvalue weighted by molar-refractivity contribution is 6.23. The molecule has 0 radical (unpaired) electrons. The van der Waals surface area contributed by atoms with E-state index in [0.29, 0.717) is 23.9 Å². The second-order valence-corrected chi connectivity index (χ2v) is 13.3. The highest BCUT2D eigenvalue weighted by atomic mass is 19.1. The van der Waals surface area contributed by atoms with Crippen LogP contribution in [0.25, 0.3) is 22.2 Å². The van der Waals surface area contributed by atoms with Crippen molar-refractivity contribution in [3.63, 3.8) is 0 Å². The number of aromatic nitrogens is 4. The first-order valence-corrected chi connectivity index (χ1v) is 16.0. The predicted molar refractivity (Wildman–Crippen MR) is 167 cm³/mol. The third-order valence-corrected chi connectivity index (χ3v) is 9.86. The lowest BCUT2D eigenvalue weighted by Crippen LogP contribution is -2.54. The standard InChI is InChI=1S/C34H34FN7O4/c1-17(2)40-10-9-23-30(37-15-26(35)31(23)40)25-16-41(39-29(25)19-3-4-19)21-11-18(12-21)14-36-20-5-6-22-24(13-20)34(46)42(33(22)45)27-7-8-28(43)38-32(27)44/h5-6,9-10,13,15-19,21,27,36H,3-4,7-8,11-12,14H2,1-2H3,(H,38,43,44). The molecule has 2 N–H and O–H groups in total. The van der Waals surface area contributed by atoms with Crippen molar-refractivity contribution in [2.45, 2.75) is 76.4 Å². The summed E-state index contributed by atoms with van der Waals surface area (Å²) in [6.45, 7) is 4.77. The lowest BCUT2D eigenvalue weighted by atomic mass is 9.80. The Morgan fingerprint density at radius 2 is 1.80 bits per heavy atom. The zero-order valence-corrected chi connectivity index (χ0v) is 25.6. The highest BCUT2D eigenvalue weighted by Gasteiger charge is 2.44. The quantitative estimate of drug-likeness (QED) is 0.265. The lowest BCUT2D eigenvalue weighted by Gasteiger charge is -2.35. The maximum Gasteiger partial charge on any atom is 0.262 e. The molecule has 0 bridgehead atoms. The average molecular weight is 624 g/mol. The predicted octanol–water partition coefficient (Wildman–Crippen LogP) is 4.96. The Bertz CT molecular complexity index is 1950. The number of benzene rings is 1. The van der Waals surface area contributed by atoms with Crippen molar-refractivity contribution in [1.82, 2.24) is 29.5 Å². The van der Waals surface area contributed by atoms with Crippen LogP contribution in [0, 0.1) is 11.7 Å². The number of imide groups is 2. The molecule has 2 aliphatic carbocycles. The van der Waals surface area contributed by atoms with Gasteiger partial charge in [0.25, 0.3) is 11.8 Å². The number of fused-ring (bicyclic) bond motifs is 2. The van der Waals surface area contributed by atoms with Crippen molar-refractivity contribution < 1.29 is 23.6 Å². The van der Waals surface area contributed by atoms with Crippen molar-refractivity contribution in [2.24, 2.45) is 5.92 Å². The molecule has 1 atom stereocenters. The molecule has 236 valence electrons. The summed E-state index contributed by atoms with van der Waals surface area (Å²) in [5.41, 5.74) is 4.63. The second-order valence-electron chi connectivity index (χ2n) is 13.3. The molecule has 46 heavy (non-hydrogen) atoms. The van der Waals surface area contributed by atoms with Gasteiger partial charge < -0.3 is 9.88 Å². The number of carbonyl (C=O) groups is 4. The summed E-state index contributed by atoms with van der Waals surface area (Å²) in [7, 11) is 0. The summed E-state index contributed by atoms with van der Waals surface area (Å²) in [5, 5.41) is 11.5. The number of carbonyl (C=O) groups excluding carboxylic acids is 4. The fourth-order valence-electron chi connectivity index (χ4n) is 7.15. The summed E-state index contributed by atoms with van der Waals surface area (Å²) < 4.78 is 18.9. The van der Waals surface area contributed by atoms with Crippen LogP contribution in [-0.2, 0) is 9.59 Å². The van der Waals surface area contributed by atoms with Crippen molar-refractivity contribution in [3.05, 3.63) is 65.5 Å². The van der Waals surface area contributed by atoms with Crippen molar-refractivity contribution >= 4 is 40.2 Å². The molecule has 1 unspecified atom stereocenters. The van der Waals surface area contributed by atoms with Crippen LogP contribution < -0.4 is 10.6 Å². The van der Waals surface area contributed by atoms with Crippen LogP contribution in [0.5, 0.6) is 0 Å². The third kappa shape index (κ3) is 4.61. The van der Waals surface area contributed by atoms with Gasteiger partial charge in [0.15, 0.2) is 5.82 Å². The summed E-state index contributed by atoms with van der Waals surface area (Å²) in [6.07, 6.45) is 9.60. The van der Waals surface area contributed by atoms with Gasteiger partial charge in [-0.3, -0.25) is 39.1 Å². The molecule has 5 heterocycles. The number of pyridine rings is 1. The summed E-state index contributed by atoms with van der Waals surface area (Å²) in [5.74, 6) is -1.57. The third-order valence-electron chi connectivity index (χ3n) is 9.86. The molecule has 12 heteroatoms. The highest BCUT2D eigenvalue weighted by Crippen LogP contribution is 2.47. The molecule has 8 rings (SSSR count). The first-order valence-electron chi connectivity index (χ1n) is 16.0. The van der Waals surface area contributed by atoms with Gasteiger partial charge in [0.05, 0.1) is 40.3 Å². The number of nitrogens with zero attached hydrogens (tertiary/aromatic N) is 5. The van der Waals surface area contributed by atoms with Gasteiger partial charge in [-0.25, -0.2) is 4.39 Å². The van der Waals surface area contributed by atoms with E-state index in [1.165, 1.54) is 6.20 Å². The molecular weight excluding hydrogens is 589 g/mol. The monoisotopic (exact) mass is 623 g/mol. The van der Waals surface area contributed by atoms with Gasteiger partial charge in [0.1, 0.15) is 6.04 Å². The number of anilines is 1. The van der Waals surface area contributed by atoms with E-state index in [0.717, 1.165) is 58.6 Å². The van der Waals surface area contributed by atoms with Crippen LogP contribution in [-0.4, -0.2) is 60.4 Å². The van der Waals surface area contributed by atoms with E-state index in [-0.39, 0.29) is 41.9 Å². The van der Waals surface area contributed by atoms with E-state index >= 15 is 0 Å². The minimum Gasteiger partial charge on any atom is -0.385 e. The Morgan fingerprint density at radius 3 is 2.54 bits per heavy atom. The number of piperidine rings is 1. The van der Waals surface area contributed by atoms with Crippen molar-refractivity contribution in [1.29, 1.82) is 0 Å². The second kappa shape index (κ2) is 10.6. The van der Waals surface area contributed by atoms with Crippen LogP contribution in [0.3, 0.4) is 0 Å². The first kappa shape index (κ1) is 28.6. The Hall–Kier alpha value is -4.87. The van der Waals surface area contributed by atoms with Crippen LogP contribution in [0.15, 0.2) is 42.9 Å². The van der Waals surface area contributed by atoms with Gasteiger partial charge in [0, 0.05) is 54.0 Å². The molecule has 1 aromatic carbocycles. The van der Waals surface area contributed by atoms with E-state index in [1.54, 1.807) is 18.2 Å². The average Bonchev–Trinajstić information content (AvgIpc) is 3.50. The maximum absolute atomic E-state index is 14.9. The molecule has 4 aromatic rings. The molecule has 2 aliphatic heterocycles. The number of nitrogens with one attached hydrogen (secondary N) is 2. The van der Waals surface area contributed by atoms with Gasteiger partial charge >= 0.3 is 0 Å². The zero-order valence-electron chi connectivity index (χ0n) is 25.6. The van der Waals surface area contributed by atoms with E-state index in [1.807, 2.05) is 30.7 Å². The first-order chi connectivity index (χ1) is 22.2. The topological polar surface area (TPSA) is 131 Å². The SMILES string of the molecule is CC(C)n1ccc2c(-c3cn(C4CC(CNc5ccc6c(c5)C(=O)N(C5CCC(=O)NC5=O)C6=O)C4)nc3C3CC3)ncc(F)c21. The number of hydrogen-bond acceptors (Lipinski definition) is 7. The Labute approximate surface area is 264 Å². The maximum atomic E-state index is 14.9. The van der Waals surface area contributed by atoms with E-state index in [4.69, 9.17) is 5.10 Å². The van der Waals surface area contributed by atoms with Crippen LogP contribution in [0.4, 0.5) is 10.1 Å². The van der Waals surface area contributed by atoms with Gasteiger partial charge in [-0.1, -0.05) is 0 Å². The fourth-order valence-corrected chi connectivity index (χ4v) is 7.15. The fraction of sp³-hybridized carbons (Fsp3) is 0.412. The molecule has 3 aromatic heterocycles. The van der Waals surface area contributed by atoms with Crippen molar-refractivity contribution in [2.75, 3.05) is 11.9 Å². The Kier molecular flexibility index (Phi) is 6.59. The molecule has 11 nitrogen and oxygen atoms in total. The minimum atomic E-state index is -0.984. The molecule has 1 saturated heterocycles. The number of hydrogen-bond donors (Lipinski definition) is 2. The Morgan fingerprint density at radius 1 is 1.02 bits per heavy atom. The van der Waals surface area contributed by atoms with Gasteiger partial charge in [0.2, 0.25) is 11.8 Å². The van der Waals surface area contributed by atoms with E-state index < -0.39 is 29.7 Å². The summed E-state index contributed by atoms with van der Waals surface area (Å²) in [6, 6.07) is 6.41. The van der Waals surface area contributed by atoms with Crippen LogP contribution >= 0.6 is 0 Å². The van der Waals surface area contributed by atoms with Gasteiger partial charge in [-0.15, -0.1) is 0 Å². The molecular formula is C34H34FN7O4. The van der Waals surface area contributed by atoms with Crippen LogP contribution in [0.2, 0.25) is 0 Å². The Balaban J connectivity index is 0.947. The van der Waals surface area contributed by atoms with E-state index in [9.17, 15) is 23.6 Å². The lowest BCUT2D eigenvalue weighted by molar-refractivity contribution is -0.136. The van der Waals surface area contributed by atoms with Gasteiger partial charge in [-0.05, 0) is 76.1 Å². The molecule has 2 saturated carbocycles. The summed E-state index contributed by atoms with van der Waals surface area (Å²) >= 11 is 0. The normalized spacial score (nSPS) is 22.9. The van der Waals surface area contributed by atoms with E-state index in [2.05, 4.69) is 26.5 Å². The number of amides is 4. The molecule has 4 aliphatic rings. The smallest absolute Gasteiger partial charge is 0.262 e. The molecule has 3 fully saturated rings. The van der Waals surface area contributed by atoms with Gasteiger partial charge in [-0.2, -0.15) is 5.10 Å². The minimum absolute atomic E-state index is 0.0835. The van der Waals surface area contributed by atoms with Crippen LogP contribution in [0.1, 0.15) is 96.8 Å². The summed E-state index contributed by atoms with van der Waals surface area (Å²) in [4.78, 5) is 55.6. The largest absolute Gasteiger partial charge is 0.385 e. The number of halogens is 1. The van der Waals surface area contributed by atoms with Crippen molar-refractivity contribution in [3.8, 4) is 11.3 Å². The number of rotatable bonds is 8.